The van der Waals surface area contributed by atoms with Gasteiger partial charge < -0.3 is 25.2 Å². The number of hydrogen-bond donors (Lipinski definition) is 2. The van der Waals surface area contributed by atoms with E-state index in [0.717, 1.165) is 38.2 Å². The summed E-state index contributed by atoms with van der Waals surface area (Å²) in [6.07, 6.45) is 11.8. The molecule has 2 N–H and O–H groups in total. The van der Waals surface area contributed by atoms with E-state index in [9.17, 15) is 4.79 Å². The van der Waals surface area contributed by atoms with Gasteiger partial charge in [0.15, 0.2) is 5.96 Å². The van der Waals surface area contributed by atoms with Gasteiger partial charge in [0, 0.05) is 31.7 Å². The summed E-state index contributed by atoms with van der Waals surface area (Å²) in [7, 11) is 1.84. The summed E-state index contributed by atoms with van der Waals surface area (Å²) in [5.41, 5.74) is -0.439. The van der Waals surface area contributed by atoms with Crippen LogP contribution < -0.4 is 10.6 Å². The van der Waals surface area contributed by atoms with Crippen LogP contribution in [0.1, 0.15) is 85.0 Å². The molecular formula is C24H45N5O2. The number of nitrogens with zero attached hydrogens (tertiary/aromatic N) is 3. The first-order chi connectivity index (χ1) is 14.9. The summed E-state index contributed by atoms with van der Waals surface area (Å²) >= 11 is 0. The predicted molar refractivity (Wildman–Crippen MR) is 127 cm³/mol. The van der Waals surface area contributed by atoms with E-state index in [1.165, 1.54) is 58.2 Å². The molecular weight excluding hydrogens is 390 g/mol. The van der Waals surface area contributed by atoms with Gasteiger partial charge in [-0.15, -0.1) is 0 Å². The number of fused-ring (bicyclic) bond motifs is 2. The molecule has 0 saturated carbocycles. The standard InChI is InChI=1S/C24H45N5O2/c1-24(2,3)31-23(30)29-20-11-12-21(29)18-19(17-20)27-22(25-4)26-13-7-5-8-14-28-15-9-6-10-16-28/h19-21H,5-18H2,1-4H3,(H2,25,26,27). The number of hydrogen-bond acceptors (Lipinski definition) is 4. The van der Waals surface area contributed by atoms with Gasteiger partial charge in [0.2, 0.25) is 0 Å². The Kier molecular flexibility index (Phi) is 8.87. The number of carbonyl (C=O) groups is 1. The second kappa shape index (κ2) is 11.4. The van der Waals surface area contributed by atoms with E-state index in [1.54, 1.807) is 0 Å². The number of guanidine groups is 1. The summed E-state index contributed by atoms with van der Waals surface area (Å²) in [6, 6.07) is 0.916. The number of unbranched alkanes of at least 4 members (excludes halogenated alkanes) is 2. The van der Waals surface area contributed by atoms with Crippen molar-refractivity contribution in [3.63, 3.8) is 0 Å². The smallest absolute Gasteiger partial charge is 0.410 e. The van der Waals surface area contributed by atoms with Gasteiger partial charge in [-0.25, -0.2) is 4.79 Å². The third-order valence-electron chi connectivity index (χ3n) is 6.79. The molecule has 0 radical (unpaired) electrons. The van der Waals surface area contributed by atoms with Crippen LogP contribution in [0.4, 0.5) is 4.79 Å². The van der Waals surface area contributed by atoms with Crippen LogP contribution in [0.5, 0.6) is 0 Å². The highest BCUT2D eigenvalue weighted by atomic mass is 16.6. The molecule has 1 amide bonds. The number of piperidine rings is 2. The number of likely N-dealkylation sites (tertiary alicyclic amines) is 1. The summed E-state index contributed by atoms with van der Waals surface area (Å²) in [5, 5.41) is 7.10. The Morgan fingerprint density at radius 2 is 1.71 bits per heavy atom. The van der Waals surface area contributed by atoms with Crippen molar-refractivity contribution in [2.75, 3.05) is 33.2 Å². The lowest BCUT2D eigenvalue weighted by atomic mass is 9.98. The quantitative estimate of drug-likeness (QED) is 0.362. The van der Waals surface area contributed by atoms with Crippen molar-refractivity contribution in [2.45, 2.75) is 109 Å². The fourth-order valence-corrected chi connectivity index (χ4v) is 5.32. The molecule has 7 nitrogen and oxygen atoms in total. The van der Waals surface area contributed by atoms with Crippen LogP contribution in [0.3, 0.4) is 0 Å². The second-order valence-corrected chi connectivity index (χ2v) is 10.5. The Morgan fingerprint density at radius 3 is 2.32 bits per heavy atom. The summed E-state index contributed by atoms with van der Waals surface area (Å²) < 4.78 is 5.65. The molecule has 31 heavy (non-hydrogen) atoms. The van der Waals surface area contributed by atoms with Crippen LogP contribution in [-0.2, 0) is 4.74 Å². The van der Waals surface area contributed by atoms with E-state index >= 15 is 0 Å². The highest BCUT2D eigenvalue weighted by molar-refractivity contribution is 5.80. The third-order valence-corrected chi connectivity index (χ3v) is 6.79. The van der Waals surface area contributed by atoms with E-state index in [-0.39, 0.29) is 18.2 Å². The molecule has 2 atom stereocenters. The summed E-state index contributed by atoms with van der Waals surface area (Å²) in [5.74, 6) is 0.895. The van der Waals surface area contributed by atoms with E-state index < -0.39 is 5.60 Å². The van der Waals surface area contributed by atoms with Gasteiger partial charge in [-0.3, -0.25) is 4.99 Å². The molecule has 2 unspecified atom stereocenters. The number of ether oxygens (including phenoxy) is 1. The van der Waals surface area contributed by atoms with Crippen LogP contribution in [0, 0.1) is 0 Å². The Morgan fingerprint density at radius 1 is 1.03 bits per heavy atom. The predicted octanol–water partition coefficient (Wildman–Crippen LogP) is 3.74. The van der Waals surface area contributed by atoms with Gasteiger partial charge in [-0.05, 0) is 91.8 Å². The normalized spacial score (nSPS) is 27.3. The molecule has 0 aromatic heterocycles. The largest absolute Gasteiger partial charge is 0.444 e. The highest BCUT2D eigenvalue weighted by Gasteiger charge is 2.45. The van der Waals surface area contributed by atoms with Crippen LogP contribution >= 0.6 is 0 Å². The van der Waals surface area contributed by atoms with E-state index in [0.29, 0.717) is 6.04 Å². The highest BCUT2D eigenvalue weighted by Crippen LogP contribution is 2.36. The molecule has 3 aliphatic heterocycles. The van der Waals surface area contributed by atoms with Crippen LogP contribution in [0.2, 0.25) is 0 Å². The van der Waals surface area contributed by atoms with Crippen molar-refractivity contribution in [1.82, 2.24) is 20.4 Å². The average Bonchev–Trinajstić information content (AvgIpc) is 3.00. The van der Waals surface area contributed by atoms with Crippen LogP contribution in [0.25, 0.3) is 0 Å². The Labute approximate surface area is 189 Å². The van der Waals surface area contributed by atoms with Crippen LogP contribution in [0.15, 0.2) is 4.99 Å². The Bertz CT molecular complexity index is 583. The molecule has 3 heterocycles. The maximum atomic E-state index is 12.6. The van der Waals surface area contributed by atoms with Gasteiger partial charge >= 0.3 is 6.09 Å². The first-order valence-corrected chi connectivity index (χ1v) is 12.6. The summed E-state index contributed by atoms with van der Waals surface area (Å²) in [6.45, 7) is 10.6. The molecule has 0 aromatic carbocycles. The summed E-state index contributed by atoms with van der Waals surface area (Å²) in [4.78, 5) is 21.7. The zero-order chi connectivity index (χ0) is 22.3. The fourth-order valence-electron chi connectivity index (χ4n) is 5.32. The fraction of sp³-hybridized carbons (Fsp3) is 0.917. The van der Waals surface area contributed by atoms with Crippen LogP contribution in [-0.4, -0.2) is 78.8 Å². The molecule has 2 bridgehead atoms. The molecule has 3 aliphatic rings. The van der Waals surface area contributed by atoms with Crippen molar-refractivity contribution < 1.29 is 9.53 Å². The minimum atomic E-state index is -0.439. The molecule has 7 heteroatoms. The van der Waals surface area contributed by atoms with E-state index in [1.807, 2.05) is 32.7 Å². The molecule has 3 fully saturated rings. The Hall–Kier alpha value is -1.50. The zero-order valence-corrected chi connectivity index (χ0v) is 20.3. The first kappa shape index (κ1) is 24.1. The van der Waals surface area contributed by atoms with Gasteiger partial charge in [0.25, 0.3) is 0 Å². The van der Waals surface area contributed by atoms with Gasteiger partial charge in [0.1, 0.15) is 5.60 Å². The van der Waals surface area contributed by atoms with E-state index in [4.69, 9.17) is 4.74 Å². The third kappa shape index (κ3) is 7.55. The molecule has 3 rings (SSSR count). The lowest BCUT2D eigenvalue weighted by Crippen LogP contribution is -2.55. The minimum absolute atomic E-state index is 0.148. The average molecular weight is 436 g/mol. The van der Waals surface area contributed by atoms with Crippen molar-refractivity contribution in [3.8, 4) is 0 Å². The van der Waals surface area contributed by atoms with Crippen molar-refractivity contribution >= 4 is 12.1 Å². The molecule has 178 valence electrons. The molecule has 3 saturated heterocycles. The lowest BCUT2D eigenvalue weighted by Gasteiger charge is -2.40. The lowest BCUT2D eigenvalue weighted by molar-refractivity contribution is 0.00545. The second-order valence-electron chi connectivity index (χ2n) is 10.5. The van der Waals surface area contributed by atoms with Crippen molar-refractivity contribution in [2.24, 2.45) is 4.99 Å². The minimum Gasteiger partial charge on any atom is -0.444 e. The number of nitrogens with one attached hydrogen (secondary N) is 2. The van der Waals surface area contributed by atoms with E-state index in [2.05, 4.69) is 20.5 Å². The zero-order valence-electron chi connectivity index (χ0n) is 20.3. The molecule has 0 aliphatic carbocycles. The Balaban J connectivity index is 1.33. The number of rotatable bonds is 7. The topological polar surface area (TPSA) is 69.2 Å². The SMILES string of the molecule is CN=C(NCCCCCN1CCCCC1)NC1CC2CCC(C1)N2C(=O)OC(C)(C)C. The molecule has 0 aromatic rings. The number of amides is 1. The van der Waals surface area contributed by atoms with Gasteiger partial charge in [-0.1, -0.05) is 12.8 Å². The maximum Gasteiger partial charge on any atom is 0.410 e. The van der Waals surface area contributed by atoms with Crippen molar-refractivity contribution in [3.05, 3.63) is 0 Å². The first-order valence-electron chi connectivity index (χ1n) is 12.6. The maximum absolute atomic E-state index is 12.6. The molecule has 0 spiro atoms. The number of aliphatic imine (C=N–C) groups is 1. The van der Waals surface area contributed by atoms with Gasteiger partial charge in [0.05, 0.1) is 0 Å². The monoisotopic (exact) mass is 435 g/mol. The number of carbonyl (C=O) groups excluding carboxylic acids is 1. The van der Waals surface area contributed by atoms with Crippen molar-refractivity contribution in [1.29, 1.82) is 0 Å². The van der Waals surface area contributed by atoms with Gasteiger partial charge in [-0.2, -0.15) is 0 Å².